The summed E-state index contributed by atoms with van der Waals surface area (Å²) in [5.41, 5.74) is 1.78. The molecule has 0 aromatic heterocycles. The molecule has 0 heterocycles. The number of aromatic hydroxyl groups is 1. The Morgan fingerprint density at radius 3 is 2.44 bits per heavy atom. The predicted octanol–water partition coefficient (Wildman–Crippen LogP) is 3.53. The van der Waals surface area contributed by atoms with Gasteiger partial charge in [0.25, 0.3) is 5.91 Å². The summed E-state index contributed by atoms with van der Waals surface area (Å²) in [6, 6.07) is 9.93. The van der Waals surface area contributed by atoms with Gasteiger partial charge in [0.05, 0.1) is 17.9 Å². The van der Waals surface area contributed by atoms with E-state index in [1.807, 2.05) is 13.8 Å². The van der Waals surface area contributed by atoms with Crippen molar-refractivity contribution in [2.24, 2.45) is 5.92 Å². The number of phenolic OH excluding ortho intramolecular Hbond substituents is 1. The highest BCUT2D eigenvalue weighted by atomic mass is 16.5. The number of nitrogens with one attached hydrogen (secondary N) is 2. The van der Waals surface area contributed by atoms with Crippen molar-refractivity contribution in [3.05, 3.63) is 47.5 Å². The van der Waals surface area contributed by atoms with Crippen molar-refractivity contribution in [3.8, 4) is 11.5 Å². The van der Waals surface area contributed by atoms with E-state index in [1.54, 1.807) is 37.4 Å². The molecule has 0 spiro atoms. The third-order valence-corrected chi connectivity index (χ3v) is 3.53. The minimum Gasteiger partial charge on any atom is -0.504 e. The van der Waals surface area contributed by atoms with E-state index < -0.39 is 0 Å². The molecule has 0 saturated carbocycles. The average molecular weight is 342 g/mol. The molecule has 0 aliphatic carbocycles. The molecule has 25 heavy (non-hydrogen) atoms. The van der Waals surface area contributed by atoms with Gasteiger partial charge < -0.3 is 20.5 Å². The first-order valence-corrected chi connectivity index (χ1v) is 7.99. The molecule has 0 aliphatic rings. The number of amides is 1. The third-order valence-electron chi connectivity index (χ3n) is 3.53. The number of carbonyl (C=O) groups excluding carboxylic acids is 2. The number of phenols is 1. The van der Waals surface area contributed by atoms with Crippen LogP contribution < -0.4 is 15.4 Å². The van der Waals surface area contributed by atoms with Crippen LogP contribution in [-0.4, -0.2) is 31.0 Å². The number of aldehydes is 1. The zero-order chi connectivity index (χ0) is 18.4. The Hall–Kier alpha value is -3.02. The standard InChI is InChI=1S/C19H22N2O4/c1-12(2)11-25-18-16(9-6-14(10-22)17(18)23)21-19(24)13-4-7-15(20-3)8-5-13/h4-10,12,20,23H,11H2,1-3H3,(H,21,24). The molecule has 0 unspecified atom stereocenters. The van der Waals surface area contributed by atoms with Crippen LogP contribution in [0.1, 0.15) is 34.6 Å². The number of anilines is 2. The van der Waals surface area contributed by atoms with Gasteiger partial charge in [-0.25, -0.2) is 0 Å². The maximum Gasteiger partial charge on any atom is 0.255 e. The van der Waals surface area contributed by atoms with E-state index >= 15 is 0 Å². The fraction of sp³-hybridized carbons (Fsp3) is 0.263. The summed E-state index contributed by atoms with van der Waals surface area (Å²) in [4.78, 5) is 23.5. The van der Waals surface area contributed by atoms with Crippen LogP contribution in [0.4, 0.5) is 11.4 Å². The molecule has 0 aliphatic heterocycles. The lowest BCUT2D eigenvalue weighted by Gasteiger charge is -2.16. The van der Waals surface area contributed by atoms with E-state index in [2.05, 4.69) is 10.6 Å². The second-order valence-electron chi connectivity index (χ2n) is 5.98. The fourth-order valence-corrected chi connectivity index (χ4v) is 2.16. The molecule has 0 saturated heterocycles. The Bertz CT molecular complexity index is 755. The summed E-state index contributed by atoms with van der Waals surface area (Å²) in [5, 5.41) is 15.9. The molecule has 0 radical (unpaired) electrons. The maximum atomic E-state index is 12.4. The van der Waals surface area contributed by atoms with E-state index in [0.29, 0.717) is 24.1 Å². The first-order valence-electron chi connectivity index (χ1n) is 7.99. The van der Waals surface area contributed by atoms with Crippen molar-refractivity contribution in [1.29, 1.82) is 0 Å². The number of rotatable bonds is 7. The number of hydrogen-bond acceptors (Lipinski definition) is 5. The summed E-state index contributed by atoms with van der Waals surface area (Å²) in [5.74, 6) is -0.301. The van der Waals surface area contributed by atoms with Crippen LogP contribution in [0, 0.1) is 5.92 Å². The number of benzene rings is 2. The van der Waals surface area contributed by atoms with Crippen LogP contribution in [0.5, 0.6) is 11.5 Å². The van der Waals surface area contributed by atoms with Crippen LogP contribution in [0.25, 0.3) is 0 Å². The van der Waals surface area contributed by atoms with Crippen LogP contribution in [0.3, 0.4) is 0 Å². The van der Waals surface area contributed by atoms with Crippen molar-refractivity contribution in [2.45, 2.75) is 13.8 Å². The molecule has 0 bridgehead atoms. The fourth-order valence-electron chi connectivity index (χ4n) is 2.16. The van der Waals surface area contributed by atoms with E-state index in [4.69, 9.17) is 4.74 Å². The monoisotopic (exact) mass is 342 g/mol. The minimum absolute atomic E-state index is 0.0958. The predicted molar refractivity (Wildman–Crippen MR) is 97.8 cm³/mol. The molecule has 0 fully saturated rings. The first-order chi connectivity index (χ1) is 12.0. The first kappa shape index (κ1) is 18.3. The van der Waals surface area contributed by atoms with Gasteiger partial charge in [-0.3, -0.25) is 9.59 Å². The van der Waals surface area contributed by atoms with Crippen molar-refractivity contribution < 1.29 is 19.4 Å². The Kier molecular flexibility index (Phi) is 6.00. The smallest absolute Gasteiger partial charge is 0.255 e. The van der Waals surface area contributed by atoms with Crippen molar-refractivity contribution in [2.75, 3.05) is 24.3 Å². The van der Waals surface area contributed by atoms with Crippen LogP contribution in [0.15, 0.2) is 36.4 Å². The third kappa shape index (κ3) is 4.50. The second-order valence-corrected chi connectivity index (χ2v) is 5.98. The van der Waals surface area contributed by atoms with Crippen LogP contribution >= 0.6 is 0 Å². The topological polar surface area (TPSA) is 87.7 Å². The highest BCUT2D eigenvalue weighted by Crippen LogP contribution is 2.37. The Morgan fingerprint density at radius 2 is 1.88 bits per heavy atom. The van der Waals surface area contributed by atoms with Gasteiger partial charge in [-0.15, -0.1) is 0 Å². The molecule has 132 valence electrons. The van der Waals surface area contributed by atoms with Gasteiger partial charge in [-0.1, -0.05) is 13.8 Å². The van der Waals surface area contributed by atoms with Gasteiger partial charge in [0, 0.05) is 18.3 Å². The molecule has 1 amide bonds. The zero-order valence-corrected chi connectivity index (χ0v) is 14.5. The lowest BCUT2D eigenvalue weighted by atomic mass is 10.1. The van der Waals surface area contributed by atoms with E-state index in [-0.39, 0.29) is 28.9 Å². The van der Waals surface area contributed by atoms with Crippen molar-refractivity contribution in [3.63, 3.8) is 0 Å². The summed E-state index contributed by atoms with van der Waals surface area (Å²) < 4.78 is 5.61. The van der Waals surface area contributed by atoms with Gasteiger partial charge in [-0.05, 0) is 42.3 Å². The Labute approximate surface area is 146 Å². The summed E-state index contributed by atoms with van der Waals surface area (Å²) in [6.07, 6.45) is 0.541. The molecule has 0 atom stereocenters. The molecule has 6 heteroatoms. The van der Waals surface area contributed by atoms with Crippen LogP contribution in [-0.2, 0) is 0 Å². The summed E-state index contributed by atoms with van der Waals surface area (Å²) >= 11 is 0. The number of hydrogen-bond donors (Lipinski definition) is 3. The lowest BCUT2D eigenvalue weighted by Crippen LogP contribution is -2.14. The lowest BCUT2D eigenvalue weighted by molar-refractivity contribution is 0.102. The maximum absolute atomic E-state index is 12.4. The molecule has 2 aromatic rings. The zero-order valence-electron chi connectivity index (χ0n) is 14.5. The molecular formula is C19H22N2O4. The largest absolute Gasteiger partial charge is 0.504 e. The number of ether oxygens (including phenoxy) is 1. The molecule has 2 rings (SSSR count). The average Bonchev–Trinajstić information content (AvgIpc) is 2.61. The molecular weight excluding hydrogens is 320 g/mol. The van der Waals surface area contributed by atoms with Gasteiger partial charge in [0.1, 0.15) is 0 Å². The molecule has 3 N–H and O–H groups in total. The van der Waals surface area contributed by atoms with E-state index in [9.17, 15) is 14.7 Å². The van der Waals surface area contributed by atoms with Gasteiger partial charge >= 0.3 is 0 Å². The van der Waals surface area contributed by atoms with Crippen LogP contribution in [0.2, 0.25) is 0 Å². The van der Waals surface area contributed by atoms with Crippen molar-refractivity contribution in [1.82, 2.24) is 0 Å². The Balaban J connectivity index is 2.28. The van der Waals surface area contributed by atoms with E-state index in [1.165, 1.54) is 6.07 Å². The number of carbonyl (C=O) groups is 2. The quantitative estimate of drug-likeness (QED) is 0.670. The second kappa shape index (κ2) is 8.19. The highest BCUT2D eigenvalue weighted by molar-refractivity contribution is 6.05. The molecule has 6 nitrogen and oxygen atoms in total. The van der Waals surface area contributed by atoms with Gasteiger partial charge in [0.15, 0.2) is 17.8 Å². The van der Waals surface area contributed by atoms with Gasteiger partial charge in [0.2, 0.25) is 0 Å². The summed E-state index contributed by atoms with van der Waals surface area (Å²) in [6.45, 7) is 4.26. The Morgan fingerprint density at radius 1 is 1.20 bits per heavy atom. The highest BCUT2D eigenvalue weighted by Gasteiger charge is 2.17. The van der Waals surface area contributed by atoms with Crippen molar-refractivity contribution >= 4 is 23.6 Å². The minimum atomic E-state index is -0.338. The normalized spacial score (nSPS) is 10.4. The summed E-state index contributed by atoms with van der Waals surface area (Å²) in [7, 11) is 1.80. The SMILES string of the molecule is CNc1ccc(C(=O)Nc2ccc(C=O)c(O)c2OCC(C)C)cc1. The molecule has 2 aromatic carbocycles. The van der Waals surface area contributed by atoms with Gasteiger partial charge in [-0.2, -0.15) is 0 Å². The van der Waals surface area contributed by atoms with E-state index in [0.717, 1.165) is 5.69 Å².